The van der Waals surface area contributed by atoms with Crippen molar-refractivity contribution in [3.63, 3.8) is 0 Å². The number of nitro groups is 1. The number of amides is 1. The predicted octanol–water partition coefficient (Wildman–Crippen LogP) is 3.03. The number of rotatable bonds is 6. The van der Waals surface area contributed by atoms with Gasteiger partial charge in [0.05, 0.1) is 11.0 Å². The molecule has 0 aliphatic carbocycles. The van der Waals surface area contributed by atoms with Crippen LogP contribution in [0.2, 0.25) is 0 Å². The van der Waals surface area contributed by atoms with Crippen molar-refractivity contribution in [3.05, 3.63) is 52.6 Å². The third-order valence-corrected chi connectivity index (χ3v) is 3.02. The molecule has 6 nitrogen and oxygen atoms in total. The highest BCUT2D eigenvalue weighted by atomic mass is 16.6. The fraction of sp³-hybridized carbons (Fsp3) is 0.357. The highest BCUT2D eigenvalue weighted by Gasteiger charge is 2.25. The summed E-state index contributed by atoms with van der Waals surface area (Å²) in [5.74, 6) is -0.527. The summed E-state index contributed by atoms with van der Waals surface area (Å²) in [4.78, 5) is 22.1. The molecule has 0 heterocycles. The lowest BCUT2D eigenvalue weighted by atomic mass is 10.00. The number of hydrogen-bond donors (Lipinski definition) is 1. The van der Waals surface area contributed by atoms with Gasteiger partial charge < -0.3 is 0 Å². The van der Waals surface area contributed by atoms with Gasteiger partial charge in [0.1, 0.15) is 0 Å². The van der Waals surface area contributed by atoms with Crippen LogP contribution >= 0.6 is 0 Å². The van der Waals surface area contributed by atoms with E-state index in [-0.39, 0.29) is 23.2 Å². The van der Waals surface area contributed by atoms with E-state index in [4.69, 9.17) is 0 Å². The summed E-state index contributed by atoms with van der Waals surface area (Å²) < 4.78 is 0. The molecule has 0 spiro atoms. The molecule has 20 heavy (non-hydrogen) atoms. The van der Waals surface area contributed by atoms with E-state index in [0.29, 0.717) is 11.5 Å². The van der Waals surface area contributed by atoms with Crippen molar-refractivity contribution >= 4 is 11.6 Å². The molecule has 108 valence electrons. The lowest BCUT2D eigenvalue weighted by Gasteiger charge is -2.28. The first-order chi connectivity index (χ1) is 9.38. The van der Waals surface area contributed by atoms with Crippen molar-refractivity contribution < 1.29 is 14.9 Å². The second-order valence-corrected chi connectivity index (χ2v) is 4.79. The van der Waals surface area contributed by atoms with Gasteiger partial charge in [0, 0.05) is 17.7 Å². The molecule has 0 aromatic heterocycles. The quantitative estimate of drug-likeness (QED) is 0.375. The highest BCUT2D eigenvalue weighted by Crippen LogP contribution is 2.18. The van der Waals surface area contributed by atoms with E-state index in [0.717, 1.165) is 0 Å². The molecule has 0 bridgehead atoms. The average Bonchev–Trinajstić information content (AvgIpc) is 2.43. The molecule has 1 unspecified atom stereocenters. The van der Waals surface area contributed by atoms with Crippen LogP contribution in [0.15, 0.2) is 36.9 Å². The molecule has 0 saturated heterocycles. The Morgan fingerprint density at radius 3 is 2.40 bits per heavy atom. The lowest BCUT2D eigenvalue weighted by molar-refractivity contribution is -0.384. The molecule has 1 atom stereocenters. The zero-order chi connectivity index (χ0) is 15.3. The molecule has 6 heteroatoms. The minimum Gasteiger partial charge on any atom is -0.285 e. The van der Waals surface area contributed by atoms with Crippen molar-refractivity contribution in [2.75, 3.05) is 0 Å². The van der Waals surface area contributed by atoms with Gasteiger partial charge in [-0.15, -0.1) is 6.58 Å². The van der Waals surface area contributed by atoms with Crippen LogP contribution in [0, 0.1) is 16.0 Å². The highest BCUT2D eigenvalue weighted by molar-refractivity contribution is 5.93. The molecule has 0 aliphatic heterocycles. The summed E-state index contributed by atoms with van der Waals surface area (Å²) in [5.41, 5.74) is 0.102. The summed E-state index contributed by atoms with van der Waals surface area (Å²) in [5, 5.41) is 21.2. The Morgan fingerprint density at radius 2 is 2.00 bits per heavy atom. The van der Waals surface area contributed by atoms with Gasteiger partial charge in [0.2, 0.25) is 0 Å². The third kappa shape index (κ3) is 3.64. The Labute approximate surface area is 117 Å². The molecule has 0 saturated carbocycles. The van der Waals surface area contributed by atoms with Gasteiger partial charge in [-0.3, -0.25) is 20.1 Å². The molecular formula is C14H18N2O4. The summed E-state index contributed by atoms with van der Waals surface area (Å²) in [6, 6.07) is 4.75. The Morgan fingerprint density at radius 1 is 1.45 bits per heavy atom. The van der Waals surface area contributed by atoms with Crippen LogP contribution in [0.25, 0.3) is 0 Å². The van der Waals surface area contributed by atoms with Crippen LogP contribution in [0.5, 0.6) is 0 Å². The van der Waals surface area contributed by atoms with Gasteiger partial charge in [-0.05, 0) is 24.5 Å². The van der Waals surface area contributed by atoms with Crippen molar-refractivity contribution in [2.45, 2.75) is 26.3 Å². The Bertz CT molecular complexity index is 496. The fourth-order valence-electron chi connectivity index (χ4n) is 1.83. The largest absolute Gasteiger partial charge is 0.285 e. The number of benzene rings is 1. The third-order valence-electron chi connectivity index (χ3n) is 3.02. The summed E-state index contributed by atoms with van der Waals surface area (Å²) in [6.07, 6.45) is 2.10. The molecular weight excluding hydrogens is 260 g/mol. The van der Waals surface area contributed by atoms with Gasteiger partial charge in [-0.25, -0.2) is 5.06 Å². The Balaban J connectivity index is 2.92. The maximum atomic E-state index is 12.1. The number of carbonyl (C=O) groups excluding carboxylic acids is 1. The zero-order valence-corrected chi connectivity index (χ0v) is 11.5. The van der Waals surface area contributed by atoms with E-state index >= 15 is 0 Å². The average molecular weight is 278 g/mol. The minimum atomic E-state index is -0.583. The number of hydrogen-bond acceptors (Lipinski definition) is 4. The van der Waals surface area contributed by atoms with Gasteiger partial charge in [-0.2, -0.15) is 0 Å². The molecule has 0 radical (unpaired) electrons. The Kier molecular flexibility index (Phi) is 5.40. The molecule has 1 rings (SSSR count). The smallest absolute Gasteiger partial charge is 0.277 e. The van der Waals surface area contributed by atoms with Gasteiger partial charge >= 0.3 is 0 Å². The first kappa shape index (κ1) is 15.8. The normalized spacial score (nSPS) is 12.0. The number of hydroxylamine groups is 2. The van der Waals surface area contributed by atoms with E-state index in [2.05, 4.69) is 6.58 Å². The van der Waals surface area contributed by atoms with Crippen LogP contribution in [-0.4, -0.2) is 27.1 Å². The zero-order valence-electron chi connectivity index (χ0n) is 11.5. The second kappa shape index (κ2) is 6.81. The van der Waals surface area contributed by atoms with Crippen LogP contribution in [0.4, 0.5) is 5.69 Å². The van der Waals surface area contributed by atoms with Crippen molar-refractivity contribution in [3.8, 4) is 0 Å². The topological polar surface area (TPSA) is 83.7 Å². The Hall–Kier alpha value is -2.21. The van der Waals surface area contributed by atoms with E-state index in [9.17, 15) is 20.1 Å². The molecule has 1 aromatic rings. The van der Waals surface area contributed by atoms with Crippen LogP contribution < -0.4 is 0 Å². The SMILES string of the molecule is C=CCC(C(C)C)N(O)C(=O)c1ccc([N+](=O)[O-])cc1. The first-order valence-corrected chi connectivity index (χ1v) is 6.26. The standard InChI is InChI=1S/C14H18N2O4/c1-4-5-13(10(2)3)15(18)14(17)11-6-8-12(9-7-11)16(19)20/h4,6-10,13,18H,1,5H2,2-3H3. The van der Waals surface area contributed by atoms with Gasteiger partial charge in [-0.1, -0.05) is 19.9 Å². The van der Waals surface area contributed by atoms with Crippen LogP contribution in [0.3, 0.4) is 0 Å². The molecule has 0 aliphatic rings. The molecule has 1 aromatic carbocycles. The van der Waals surface area contributed by atoms with Crippen molar-refractivity contribution in [2.24, 2.45) is 5.92 Å². The maximum absolute atomic E-state index is 12.1. The summed E-state index contributed by atoms with van der Waals surface area (Å²) in [6.45, 7) is 7.38. The number of non-ortho nitro benzene ring substituents is 1. The van der Waals surface area contributed by atoms with Crippen LogP contribution in [-0.2, 0) is 0 Å². The summed E-state index contributed by atoms with van der Waals surface area (Å²) >= 11 is 0. The maximum Gasteiger partial charge on any atom is 0.277 e. The van der Waals surface area contributed by atoms with Crippen LogP contribution in [0.1, 0.15) is 30.6 Å². The summed E-state index contributed by atoms with van der Waals surface area (Å²) in [7, 11) is 0. The van der Waals surface area contributed by atoms with Gasteiger partial charge in [0.25, 0.3) is 11.6 Å². The van der Waals surface area contributed by atoms with E-state index in [1.54, 1.807) is 6.08 Å². The monoisotopic (exact) mass is 278 g/mol. The number of carbonyl (C=O) groups is 1. The van der Waals surface area contributed by atoms with E-state index in [1.165, 1.54) is 24.3 Å². The molecule has 1 amide bonds. The first-order valence-electron chi connectivity index (χ1n) is 6.26. The van der Waals surface area contributed by atoms with Gasteiger partial charge in [0.15, 0.2) is 0 Å². The lowest BCUT2D eigenvalue weighted by Crippen LogP contribution is -2.40. The van der Waals surface area contributed by atoms with E-state index < -0.39 is 10.8 Å². The fourth-order valence-corrected chi connectivity index (χ4v) is 1.83. The molecule has 1 N–H and O–H groups in total. The predicted molar refractivity (Wildman–Crippen MR) is 74.5 cm³/mol. The van der Waals surface area contributed by atoms with Crippen molar-refractivity contribution in [1.82, 2.24) is 5.06 Å². The van der Waals surface area contributed by atoms with E-state index in [1.807, 2.05) is 13.8 Å². The minimum absolute atomic E-state index is 0.0556. The number of nitrogens with zero attached hydrogens (tertiary/aromatic N) is 2. The second-order valence-electron chi connectivity index (χ2n) is 4.79. The number of nitro benzene ring substituents is 1. The van der Waals surface area contributed by atoms with Crippen molar-refractivity contribution in [1.29, 1.82) is 0 Å². The molecule has 0 fully saturated rings.